The van der Waals surface area contributed by atoms with Crippen LogP contribution in [-0.2, 0) is 0 Å². The molecule has 2 amide bonds. The number of nitrogens with one attached hydrogen (secondary N) is 1. The molecule has 0 fully saturated rings. The molecular weight excluding hydrogens is 230 g/mol. The molecule has 0 bridgehead atoms. The second-order valence-corrected chi connectivity index (χ2v) is 3.70. The van der Waals surface area contributed by atoms with Gasteiger partial charge in [0.05, 0.1) is 17.7 Å². The van der Waals surface area contributed by atoms with E-state index in [9.17, 15) is 18.4 Å². The molecule has 0 unspecified atom stereocenters. The van der Waals surface area contributed by atoms with Gasteiger partial charge in [0.2, 0.25) is 0 Å². The molecule has 0 atom stereocenters. The van der Waals surface area contributed by atoms with E-state index in [2.05, 4.69) is 5.32 Å². The number of anilines is 1. The van der Waals surface area contributed by atoms with E-state index < -0.39 is 18.9 Å². The maximum Gasteiger partial charge on any atom is 0.261 e. The summed E-state index contributed by atoms with van der Waals surface area (Å²) in [5, 5.41) is 2.49. The Morgan fingerprint density at radius 2 is 1.88 bits per heavy atom. The zero-order chi connectivity index (χ0) is 12.6. The lowest BCUT2D eigenvalue weighted by atomic mass is 10.1. The van der Waals surface area contributed by atoms with E-state index in [0.29, 0.717) is 11.3 Å². The fraction of sp³-hybridized carbons (Fsp3) is 0.273. The summed E-state index contributed by atoms with van der Waals surface area (Å²) in [5.41, 5.74) is 0.956. The Hall–Kier alpha value is -1.98. The molecule has 0 radical (unpaired) electrons. The van der Waals surface area contributed by atoms with Crippen LogP contribution in [0.3, 0.4) is 0 Å². The minimum Gasteiger partial charge on any atom is -0.379 e. The molecule has 6 heteroatoms. The number of alkyl halides is 2. The Kier molecular flexibility index (Phi) is 2.79. The third-order valence-electron chi connectivity index (χ3n) is 2.55. The van der Waals surface area contributed by atoms with Crippen molar-refractivity contribution in [3.63, 3.8) is 0 Å². The molecule has 1 heterocycles. The number of imide groups is 1. The van der Waals surface area contributed by atoms with Crippen molar-refractivity contribution in [2.45, 2.75) is 6.43 Å². The summed E-state index contributed by atoms with van der Waals surface area (Å²) < 4.78 is 24.0. The maximum atomic E-state index is 12.0. The summed E-state index contributed by atoms with van der Waals surface area (Å²) in [5.74, 6) is -0.781. The first-order chi connectivity index (χ1) is 8.00. The van der Waals surface area contributed by atoms with Crippen molar-refractivity contribution in [1.29, 1.82) is 0 Å². The van der Waals surface area contributed by atoms with Gasteiger partial charge in [-0.2, -0.15) is 0 Å². The standard InChI is InChI=1S/C11H10F2N2O2/c1-15-10(16)7-3-2-6(14-5-9(12)13)4-8(7)11(15)17/h2-4,9,14H,5H2,1H3. The zero-order valence-electron chi connectivity index (χ0n) is 9.04. The molecule has 1 aliphatic rings. The predicted octanol–water partition coefficient (Wildman–Crippen LogP) is 1.59. The molecule has 1 aliphatic heterocycles. The van der Waals surface area contributed by atoms with Gasteiger partial charge in [0.15, 0.2) is 0 Å². The normalized spacial score (nSPS) is 14.5. The lowest BCUT2D eigenvalue weighted by Gasteiger charge is -2.06. The molecule has 4 nitrogen and oxygen atoms in total. The number of carbonyl (C=O) groups excluding carboxylic acids is 2. The Morgan fingerprint density at radius 3 is 2.53 bits per heavy atom. The Balaban J connectivity index is 2.27. The second-order valence-electron chi connectivity index (χ2n) is 3.70. The number of fused-ring (bicyclic) bond motifs is 1. The van der Waals surface area contributed by atoms with Crippen LogP contribution in [0.1, 0.15) is 20.7 Å². The number of rotatable bonds is 3. The van der Waals surface area contributed by atoms with Gasteiger partial charge >= 0.3 is 0 Å². The van der Waals surface area contributed by atoms with E-state index >= 15 is 0 Å². The highest BCUT2D eigenvalue weighted by atomic mass is 19.3. The average Bonchev–Trinajstić information content (AvgIpc) is 2.52. The van der Waals surface area contributed by atoms with Crippen molar-refractivity contribution in [1.82, 2.24) is 4.90 Å². The molecule has 1 aromatic rings. The first-order valence-corrected chi connectivity index (χ1v) is 4.99. The minimum absolute atomic E-state index is 0.247. The van der Waals surface area contributed by atoms with Crippen LogP contribution in [0.15, 0.2) is 18.2 Å². The third-order valence-corrected chi connectivity index (χ3v) is 2.55. The zero-order valence-corrected chi connectivity index (χ0v) is 9.04. The van der Waals surface area contributed by atoms with Crippen molar-refractivity contribution < 1.29 is 18.4 Å². The van der Waals surface area contributed by atoms with Crippen molar-refractivity contribution in [3.05, 3.63) is 29.3 Å². The van der Waals surface area contributed by atoms with Crippen molar-refractivity contribution >= 4 is 17.5 Å². The molecule has 1 aromatic carbocycles. The lowest BCUT2D eigenvalue weighted by molar-refractivity contribution is 0.0693. The second kappa shape index (κ2) is 4.12. The summed E-state index contributed by atoms with van der Waals surface area (Å²) in [6, 6.07) is 4.39. The highest BCUT2D eigenvalue weighted by Crippen LogP contribution is 2.24. The van der Waals surface area contributed by atoms with Gasteiger partial charge < -0.3 is 5.32 Å². The van der Waals surface area contributed by atoms with E-state index in [-0.39, 0.29) is 11.5 Å². The van der Waals surface area contributed by atoms with E-state index in [0.717, 1.165) is 4.90 Å². The number of hydrogen-bond donors (Lipinski definition) is 1. The highest BCUT2D eigenvalue weighted by molar-refractivity contribution is 6.21. The minimum atomic E-state index is -2.47. The van der Waals surface area contributed by atoms with Gasteiger partial charge in [-0.15, -0.1) is 0 Å². The summed E-state index contributed by atoms with van der Waals surface area (Å²) in [6.07, 6.45) is -2.47. The van der Waals surface area contributed by atoms with Crippen LogP contribution in [0, 0.1) is 0 Å². The molecular formula is C11H10F2N2O2. The third kappa shape index (κ3) is 1.98. The number of halogens is 2. The van der Waals surface area contributed by atoms with Crippen LogP contribution in [-0.4, -0.2) is 36.7 Å². The van der Waals surface area contributed by atoms with Gasteiger partial charge in [0.25, 0.3) is 18.2 Å². The van der Waals surface area contributed by atoms with Gasteiger partial charge in [-0.1, -0.05) is 0 Å². The molecule has 0 aliphatic carbocycles. The van der Waals surface area contributed by atoms with E-state index in [1.807, 2.05) is 0 Å². The monoisotopic (exact) mass is 240 g/mol. The summed E-state index contributed by atoms with van der Waals surface area (Å²) in [6.45, 7) is -0.489. The number of carbonyl (C=O) groups is 2. The smallest absolute Gasteiger partial charge is 0.261 e. The van der Waals surface area contributed by atoms with Crippen LogP contribution in [0.5, 0.6) is 0 Å². The van der Waals surface area contributed by atoms with Crippen LogP contribution in [0.4, 0.5) is 14.5 Å². The number of nitrogens with zero attached hydrogens (tertiary/aromatic N) is 1. The van der Waals surface area contributed by atoms with E-state index in [4.69, 9.17) is 0 Å². The lowest BCUT2D eigenvalue weighted by Crippen LogP contribution is -2.24. The van der Waals surface area contributed by atoms with Crippen molar-refractivity contribution in [2.24, 2.45) is 0 Å². The van der Waals surface area contributed by atoms with Crippen molar-refractivity contribution in [3.8, 4) is 0 Å². The topological polar surface area (TPSA) is 49.4 Å². The first kappa shape index (κ1) is 11.5. The quantitative estimate of drug-likeness (QED) is 0.816. The molecule has 2 rings (SSSR count). The summed E-state index contributed by atoms with van der Waals surface area (Å²) in [4.78, 5) is 24.2. The predicted molar refractivity (Wildman–Crippen MR) is 57.4 cm³/mol. The van der Waals surface area contributed by atoms with Crippen LogP contribution in [0.25, 0.3) is 0 Å². The van der Waals surface area contributed by atoms with E-state index in [1.54, 1.807) is 0 Å². The molecule has 90 valence electrons. The summed E-state index contributed by atoms with van der Waals surface area (Å²) in [7, 11) is 1.39. The van der Waals surface area contributed by atoms with Crippen LogP contribution >= 0.6 is 0 Å². The highest BCUT2D eigenvalue weighted by Gasteiger charge is 2.32. The maximum absolute atomic E-state index is 12.0. The average molecular weight is 240 g/mol. The van der Waals surface area contributed by atoms with Gasteiger partial charge in [0.1, 0.15) is 0 Å². The molecule has 0 saturated heterocycles. The molecule has 1 N–H and O–H groups in total. The number of amides is 2. The van der Waals surface area contributed by atoms with Gasteiger partial charge in [-0.3, -0.25) is 14.5 Å². The summed E-state index contributed by atoms with van der Waals surface area (Å²) >= 11 is 0. The van der Waals surface area contributed by atoms with Gasteiger partial charge in [-0.05, 0) is 18.2 Å². The largest absolute Gasteiger partial charge is 0.379 e. The van der Waals surface area contributed by atoms with E-state index in [1.165, 1.54) is 25.2 Å². The van der Waals surface area contributed by atoms with Crippen LogP contribution in [0.2, 0.25) is 0 Å². The Labute approximate surface area is 96.2 Å². The fourth-order valence-electron chi connectivity index (χ4n) is 1.67. The Morgan fingerprint density at radius 1 is 1.24 bits per heavy atom. The Bertz CT molecular complexity index is 488. The fourth-order valence-corrected chi connectivity index (χ4v) is 1.67. The molecule has 0 spiro atoms. The molecule has 17 heavy (non-hydrogen) atoms. The van der Waals surface area contributed by atoms with Gasteiger partial charge in [-0.25, -0.2) is 8.78 Å². The number of hydrogen-bond acceptors (Lipinski definition) is 3. The van der Waals surface area contributed by atoms with Crippen LogP contribution < -0.4 is 5.32 Å². The molecule has 0 aromatic heterocycles. The number of benzene rings is 1. The van der Waals surface area contributed by atoms with Crippen molar-refractivity contribution in [2.75, 3.05) is 18.9 Å². The molecule has 0 saturated carbocycles. The SMILES string of the molecule is CN1C(=O)c2ccc(NCC(F)F)cc2C1=O. The van der Waals surface area contributed by atoms with Gasteiger partial charge in [0, 0.05) is 12.7 Å². The first-order valence-electron chi connectivity index (χ1n) is 4.99.